The van der Waals surface area contributed by atoms with Crippen LogP contribution in [-0.2, 0) is 14.3 Å². The first-order valence-electron chi connectivity index (χ1n) is 4.42. The number of esters is 1. The van der Waals surface area contributed by atoms with Crippen LogP contribution in [0.15, 0.2) is 0 Å². The summed E-state index contributed by atoms with van der Waals surface area (Å²) in [5.41, 5.74) is 5.53. The van der Waals surface area contributed by atoms with Gasteiger partial charge < -0.3 is 15.8 Å². The summed E-state index contributed by atoms with van der Waals surface area (Å²) in [6.07, 6.45) is 0. The minimum atomic E-state index is -1.03. The van der Waals surface area contributed by atoms with Gasteiger partial charge in [0.25, 0.3) is 0 Å². The van der Waals surface area contributed by atoms with Gasteiger partial charge in [-0.15, -0.1) is 0 Å². The Morgan fingerprint density at radius 2 is 2.20 bits per heavy atom. The molecule has 0 bridgehead atoms. The number of nitrogens with two attached hydrogens (primary N) is 1. The van der Waals surface area contributed by atoms with Gasteiger partial charge in [0.15, 0.2) is 0 Å². The zero-order valence-corrected chi connectivity index (χ0v) is 8.52. The number of ether oxygens (including phenoxy) is 1. The van der Waals surface area contributed by atoms with E-state index in [1.807, 2.05) is 0 Å². The maximum atomic E-state index is 11.3. The monoisotopic (exact) mass is 215 g/mol. The van der Waals surface area contributed by atoms with Crippen LogP contribution in [0.4, 0.5) is 4.79 Å². The molecule has 0 aliphatic carbocycles. The van der Waals surface area contributed by atoms with Crippen LogP contribution in [0, 0.1) is 0 Å². The van der Waals surface area contributed by atoms with Gasteiger partial charge in [-0.3, -0.25) is 14.5 Å². The fourth-order valence-corrected chi connectivity index (χ4v) is 1.34. The molecule has 0 aromatic carbocycles. The van der Waals surface area contributed by atoms with Crippen molar-refractivity contribution in [1.82, 2.24) is 10.2 Å². The Bertz CT molecular complexity index is 288. The Hall–Kier alpha value is -1.63. The molecule has 0 unspecified atom stereocenters. The number of hydrogen-bond donors (Lipinski definition) is 2. The molecule has 0 radical (unpaired) electrons. The molecular weight excluding hydrogens is 202 g/mol. The standard InChI is InChI=1S/C8H13N3O4/c1-4(6(9)7(13)15-2)11-5(12)3-10-8(11)14/h4,6H,3,9H2,1-2H3,(H,10,14)/t4-,6-/m1/s1. The van der Waals surface area contributed by atoms with Crippen molar-refractivity contribution < 1.29 is 19.1 Å². The Labute approximate surface area is 86.5 Å². The number of urea groups is 1. The van der Waals surface area contributed by atoms with Crippen LogP contribution < -0.4 is 11.1 Å². The molecule has 1 saturated heterocycles. The van der Waals surface area contributed by atoms with Gasteiger partial charge in [-0.1, -0.05) is 0 Å². The zero-order valence-electron chi connectivity index (χ0n) is 8.52. The number of carbonyl (C=O) groups excluding carboxylic acids is 3. The largest absolute Gasteiger partial charge is 0.468 e. The zero-order chi connectivity index (χ0) is 11.6. The molecule has 0 saturated carbocycles. The van der Waals surface area contributed by atoms with E-state index >= 15 is 0 Å². The summed E-state index contributed by atoms with van der Waals surface area (Å²) in [5, 5.41) is 2.34. The quantitative estimate of drug-likeness (QED) is 0.437. The van der Waals surface area contributed by atoms with E-state index in [0.29, 0.717) is 0 Å². The predicted octanol–water partition coefficient (Wildman–Crippen LogP) is -1.57. The van der Waals surface area contributed by atoms with Gasteiger partial charge in [-0.25, -0.2) is 4.79 Å². The highest BCUT2D eigenvalue weighted by Crippen LogP contribution is 2.09. The van der Waals surface area contributed by atoms with Crippen molar-refractivity contribution >= 4 is 17.9 Å². The summed E-state index contributed by atoms with van der Waals surface area (Å²) in [6, 6.07) is -2.28. The van der Waals surface area contributed by atoms with E-state index in [4.69, 9.17) is 5.73 Å². The summed E-state index contributed by atoms with van der Waals surface area (Å²) < 4.78 is 4.43. The molecule has 1 aliphatic heterocycles. The van der Waals surface area contributed by atoms with E-state index in [-0.39, 0.29) is 6.54 Å². The summed E-state index contributed by atoms with van der Waals surface area (Å²) >= 11 is 0. The molecule has 84 valence electrons. The van der Waals surface area contributed by atoms with Crippen molar-refractivity contribution in [3.05, 3.63) is 0 Å². The van der Waals surface area contributed by atoms with Gasteiger partial charge >= 0.3 is 12.0 Å². The van der Waals surface area contributed by atoms with Crippen LogP contribution in [0.25, 0.3) is 0 Å². The van der Waals surface area contributed by atoms with Gasteiger partial charge in [-0.05, 0) is 6.92 Å². The first-order valence-corrected chi connectivity index (χ1v) is 4.42. The lowest BCUT2D eigenvalue weighted by atomic mass is 10.1. The Balaban J connectivity index is 2.75. The van der Waals surface area contributed by atoms with Crippen molar-refractivity contribution in [3.8, 4) is 0 Å². The van der Waals surface area contributed by atoms with Crippen LogP contribution in [0.5, 0.6) is 0 Å². The molecule has 0 aromatic heterocycles. The fraction of sp³-hybridized carbons (Fsp3) is 0.625. The number of nitrogens with zero attached hydrogens (tertiary/aromatic N) is 1. The van der Waals surface area contributed by atoms with E-state index in [1.54, 1.807) is 0 Å². The highest BCUT2D eigenvalue weighted by molar-refractivity contribution is 6.02. The first kappa shape index (κ1) is 11.4. The molecule has 15 heavy (non-hydrogen) atoms. The van der Waals surface area contributed by atoms with Gasteiger partial charge in [0.2, 0.25) is 5.91 Å². The third-order valence-corrected chi connectivity index (χ3v) is 2.28. The average molecular weight is 215 g/mol. The maximum Gasteiger partial charge on any atom is 0.324 e. The SMILES string of the molecule is COC(=O)[C@H](N)[C@@H](C)N1C(=O)CNC1=O. The molecule has 1 heterocycles. The lowest BCUT2D eigenvalue weighted by molar-refractivity contribution is -0.144. The van der Waals surface area contributed by atoms with Crippen molar-refractivity contribution in [1.29, 1.82) is 0 Å². The molecule has 3 amide bonds. The molecule has 7 heteroatoms. The minimum absolute atomic E-state index is 0.0585. The summed E-state index contributed by atoms with van der Waals surface area (Å²) in [6.45, 7) is 1.46. The van der Waals surface area contributed by atoms with E-state index in [0.717, 1.165) is 4.90 Å². The second-order valence-corrected chi connectivity index (χ2v) is 3.21. The molecule has 3 N–H and O–H groups in total. The second-order valence-electron chi connectivity index (χ2n) is 3.21. The van der Waals surface area contributed by atoms with Crippen LogP contribution in [-0.4, -0.2) is 48.5 Å². The lowest BCUT2D eigenvalue weighted by Crippen LogP contribution is -2.52. The highest BCUT2D eigenvalue weighted by atomic mass is 16.5. The minimum Gasteiger partial charge on any atom is -0.468 e. The molecule has 1 rings (SSSR count). The molecular formula is C8H13N3O4. The third-order valence-electron chi connectivity index (χ3n) is 2.28. The Kier molecular flexibility index (Phi) is 3.25. The third kappa shape index (κ3) is 2.07. The predicted molar refractivity (Wildman–Crippen MR) is 49.7 cm³/mol. The summed E-state index contributed by atoms with van der Waals surface area (Å²) in [5.74, 6) is -1.05. The van der Waals surface area contributed by atoms with Crippen LogP contribution >= 0.6 is 0 Å². The number of hydrogen-bond acceptors (Lipinski definition) is 5. The van der Waals surface area contributed by atoms with Crippen LogP contribution in [0.3, 0.4) is 0 Å². The topological polar surface area (TPSA) is 102 Å². The van der Waals surface area contributed by atoms with Gasteiger partial charge in [0.1, 0.15) is 6.04 Å². The number of rotatable bonds is 3. The number of amides is 3. The highest BCUT2D eigenvalue weighted by Gasteiger charge is 2.37. The van der Waals surface area contributed by atoms with Crippen molar-refractivity contribution in [2.24, 2.45) is 5.73 Å². The van der Waals surface area contributed by atoms with Gasteiger partial charge in [0.05, 0.1) is 19.7 Å². The van der Waals surface area contributed by atoms with Crippen LogP contribution in [0.2, 0.25) is 0 Å². The van der Waals surface area contributed by atoms with Crippen molar-refractivity contribution in [3.63, 3.8) is 0 Å². The number of nitrogens with one attached hydrogen (secondary N) is 1. The average Bonchev–Trinajstić information content (AvgIpc) is 2.55. The molecule has 7 nitrogen and oxygen atoms in total. The molecule has 2 atom stereocenters. The van der Waals surface area contributed by atoms with Crippen LogP contribution in [0.1, 0.15) is 6.92 Å². The number of carbonyl (C=O) groups is 3. The Morgan fingerprint density at radius 1 is 1.60 bits per heavy atom. The van der Waals surface area contributed by atoms with E-state index < -0.39 is 30.0 Å². The smallest absolute Gasteiger partial charge is 0.324 e. The van der Waals surface area contributed by atoms with Crippen molar-refractivity contribution in [2.45, 2.75) is 19.0 Å². The molecule has 0 spiro atoms. The molecule has 0 aromatic rings. The fourth-order valence-electron chi connectivity index (χ4n) is 1.34. The van der Waals surface area contributed by atoms with Crippen molar-refractivity contribution in [2.75, 3.05) is 13.7 Å². The van der Waals surface area contributed by atoms with E-state index in [1.165, 1.54) is 14.0 Å². The summed E-state index contributed by atoms with van der Waals surface area (Å²) in [4.78, 5) is 34.5. The molecule has 1 fully saturated rings. The van der Waals surface area contributed by atoms with Gasteiger partial charge in [-0.2, -0.15) is 0 Å². The lowest BCUT2D eigenvalue weighted by Gasteiger charge is -2.24. The number of methoxy groups -OCH3 is 1. The second kappa shape index (κ2) is 4.26. The number of imide groups is 1. The van der Waals surface area contributed by atoms with E-state index in [9.17, 15) is 14.4 Å². The normalized spacial score (nSPS) is 19.8. The van der Waals surface area contributed by atoms with Gasteiger partial charge in [0, 0.05) is 0 Å². The first-order chi connectivity index (χ1) is 6.99. The summed E-state index contributed by atoms with van der Waals surface area (Å²) in [7, 11) is 1.20. The Morgan fingerprint density at radius 3 is 2.60 bits per heavy atom. The maximum absolute atomic E-state index is 11.3. The van der Waals surface area contributed by atoms with E-state index in [2.05, 4.69) is 10.1 Å². The molecule has 1 aliphatic rings.